The highest BCUT2D eigenvalue weighted by molar-refractivity contribution is 5.69. The molecule has 0 aliphatic rings. The number of carbonyl (C=O) groups excluding carboxylic acids is 1. The van der Waals surface area contributed by atoms with Crippen LogP contribution in [0.4, 0.5) is 0 Å². The first-order valence-corrected chi connectivity index (χ1v) is 8.89. The second kappa shape index (κ2) is 11.3. The van der Waals surface area contributed by atoms with Crippen molar-refractivity contribution in [3.63, 3.8) is 0 Å². The molecular formula is C21H27NO4. The fourth-order valence-corrected chi connectivity index (χ4v) is 2.65. The van der Waals surface area contributed by atoms with Gasteiger partial charge in [0.25, 0.3) is 0 Å². The molecule has 0 amide bonds. The van der Waals surface area contributed by atoms with Crippen molar-refractivity contribution in [2.24, 2.45) is 0 Å². The zero-order valence-corrected chi connectivity index (χ0v) is 15.1. The molecule has 0 radical (unpaired) electrons. The maximum absolute atomic E-state index is 11.2. The molecular weight excluding hydrogens is 330 g/mol. The molecule has 26 heavy (non-hydrogen) atoms. The van der Waals surface area contributed by atoms with Gasteiger partial charge in [0.1, 0.15) is 18.5 Å². The average Bonchev–Trinajstić information content (AvgIpc) is 2.69. The van der Waals surface area contributed by atoms with E-state index in [1.54, 1.807) is 0 Å². The molecule has 0 aliphatic heterocycles. The quantitative estimate of drug-likeness (QED) is 0.478. The Hall–Kier alpha value is -2.37. The molecule has 2 rings (SSSR count). The fourth-order valence-electron chi connectivity index (χ4n) is 2.65. The standard InChI is InChI=1S/C21H27NO4/c1-25-21(24)13-8-14-22-19(15-17-9-4-2-5-10-17)20(23)16-26-18-11-6-3-7-12-18/h2-7,9-12,19-20,22-23H,8,13-16H2,1H3. The van der Waals surface area contributed by atoms with Crippen molar-refractivity contribution >= 4 is 5.97 Å². The van der Waals surface area contributed by atoms with Gasteiger partial charge < -0.3 is 19.9 Å². The van der Waals surface area contributed by atoms with Gasteiger partial charge >= 0.3 is 5.97 Å². The van der Waals surface area contributed by atoms with Gasteiger partial charge in [-0.15, -0.1) is 0 Å². The van der Waals surface area contributed by atoms with E-state index in [1.807, 2.05) is 60.7 Å². The molecule has 2 N–H and O–H groups in total. The van der Waals surface area contributed by atoms with Crippen molar-refractivity contribution in [1.82, 2.24) is 5.32 Å². The van der Waals surface area contributed by atoms with Gasteiger partial charge in [-0.2, -0.15) is 0 Å². The van der Waals surface area contributed by atoms with E-state index in [2.05, 4.69) is 10.1 Å². The van der Waals surface area contributed by atoms with Crippen LogP contribution in [0.5, 0.6) is 5.75 Å². The lowest BCUT2D eigenvalue weighted by Crippen LogP contribution is -2.45. The summed E-state index contributed by atoms with van der Waals surface area (Å²) in [6, 6.07) is 19.3. The zero-order chi connectivity index (χ0) is 18.6. The topological polar surface area (TPSA) is 67.8 Å². The van der Waals surface area contributed by atoms with Crippen LogP contribution in [0.15, 0.2) is 60.7 Å². The van der Waals surface area contributed by atoms with Crippen molar-refractivity contribution in [3.05, 3.63) is 66.2 Å². The third kappa shape index (κ3) is 7.25. The van der Waals surface area contributed by atoms with Crippen LogP contribution in [0, 0.1) is 0 Å². The molecule has 2 atom stereocenters. The fraction of sp³-hybridized carbons (Fsp3) is 0.381. The lowest BCUT2D eigenvalue weighted by atomic mass is 10.0. The highest BCUT2D eigenvalue weighted by Crippen LogP contribution is 2.11. The summed E-state index contributed by atoms with van der Waals surface area (Å²) in [6.07, 6.45) is 1.02. The zero-order valence-electron chi connectivity index (χ0n) is 15.1. The number of esters is 1. The summed E-state index contributed by atoms with van der Waals surface area (Å²) in [7, 11) is 1.39. The molecule has 2 aromatic carbocycles. The number of hydrogen-bond acceptors (Lipinski definition) is 5. The minimum Gasteiger partial charge on any atom is -0.491 e. The lowest BCUT2D eigenvalue weighted by molar-refractivity contribution is -0.140. The van der Waals surface area contributed by atoms with Crippen LogP contribution in [-0.4, -0.2) is 43.5 Å². The molecule has 0 saturated heterocycles. The molecule has 0 saturated carbocycles. The van der Waals surface area contributed by atoms with E-state index in [1.165, 1.54) is 7.11 Å². The summed E-state index contributed by atoms with van der Waals surface area (Å²) in [5.74, 6) is 0.509. The summed E-state index contributed by atoms with van der Waals surface area (Å²) in [6.45, 7) is 0.820. The molecule has 5 nitrogen and oxygen atoms in total. The number of hydrogen-bond donors (Lipinski definition) is 2. The van der Waals surface area contributed by atoms with Gasteiger partial charge in [0, 0.05) is 12.5 Å². The largest absolute Gasteiger partial charge is 0.491 e. The van der Waals surface area contributed by atoms with Crippen LogP contribution >= 0.6 is 0 Å². The number of ether oxygens (including phenoxy) is 2. The minimum atomic E-state index is -0.673. The first-order valence-electron chi connectivity index (χ1n) is 8.89. The smallest absolute Gasteiger partial charge is 0.305 e. The Morgan fingerprint density at radius 1 is 1.08 bits per heavy atom. The molecule has 140 valence electrons. The monoisotopic (exact) mass is 357 g/mol. The van der Waals surface area contributed by atoms with Gasteiger partial charge in [-0.05, 0) is 37.1 Å². The van der Waals surface area contributed by atoms with E-state index in [-0.39, 0.29) is 18.6 Å². The second-order valence-electron chi connectivity index (χ2n) is 6.12. The van der Waals surface area contributed by atoms with E-state index in [9.17, 15) is 9.90 Å². The summed E-state index contributed by atoms with van der Waals surface area (Å²) >= 11 is 0. The van der Waals surface area contributed by atoms with Crippen LogP contribution in [0.3, 0.4) is 0 Å². The van der Waals surface area contributed by atoms with Gasteiger partial charge in [-0.3, -0.25) is 4.79 Å². The Labute approximate surface area is 155 Å². The maximum Gasteiger partial charge on any atom is 0.305 e. The van der Waals surface area contributed by atoms with E-state index in [0.29, 0.717) is 25.8 Å². The van der Waals surface area contributed by atoms with Crippen LogP contribution in [0.25, 0.3) is 0 Å². The number of methoxy groups -OCH3 is 1. The van der Waals surface area contributed by atoms with Crippen molar-refractivity contribution in [2.75, 3.05) is 20.3 Å². The van der Waals surface area contributed by atoms with Crippen molar-refractivity contribution in [2.45, 2.75) is 31.4 Å². The molecule has 0 aromatic heterocycles. The molecule has 0 fully saturated rings. The predicted molar refractivity (Wildman–Crippen MR) is 101 cm³/mol. The Morgan fingerprint density at radius 3 is 2.38 bits per heavy atom. The lowest BCUT2D eigenvalue weighted by Gasteiger charge is -2.24. The minimum absolute atomic E-state index is 0.168. The first-order chi connectivity index (χ1) is 12.7. The van der Waals surface area contributed by atoms with E-state index in [4.69, 9.17) is 4.74 Å². The van der Waals surface area contributed by atoms with Gasteiger partial charge in [0.15, 0.2) is 0 Å². The third-order valence-electron chi connectivity index (χ3n) is 4.12. The Kier molecular flexibility index (Phi) is 8.66. The summed E-state index contributed by atoms with van der Waals surface area (Å²) in [5, 5.41) is 14.0. The van der Waals surface area contributed by atoms with E-state index < -0.39 is 6.10 Å². The Morgan fingerprint density at radius 2 is 1.73 bits per heavy atom. The number of nitrogens with one attached hydrogen (secondary N) is 1. The molecule has 5 heteroatoms. The molecule has 0 spiro atoms. The third-order valence-corrected chi connectivity index (χ3v) is 4.12. The normalized spacial score (nSPS) is 13.0. The number of rotatable bonds is 11. The van der Waals surface area contributed by atoms with Crippen LogP contribution in [0.2, 0.25) is 0 Å². The van der Waals surface area contributed by atoms with E-state index >= 15 is 0 Å². The van der Waals surface area contributed by atoms with Crippen molar-refractivity contribution in [3.8, 4) is 5.75 Å². The Bertz CT molecular complexity index is 633. The molecule has 2 aromatic rings. The van der Waals surface area contributed by atoms with E-state index in [0.717, 1.165) is 11.3 Å². The summed E-state index contributed by atoms with van der Waals surface area (Å²) < 4.78 is 10.3. The average molecular weight is 357 g/mol. The highest BCUT2D eigenvalue weighted by Gasteiger charge is 2.20. The summed E-state index contributed by atoms with van der Waals surface area (Å²) in [4.78, 5) is 11.2. The molecule has 0 bridgehead atoms. The van der Waals surface area contributed by atoms with Gasteiger partial charge in [-0.25, -0.2) is 0 Å². The molecule has 0 aliphatic carbocycles. The van der Waals surface area contributed by atoms with Crippen LogP contribution in [-0.2, 0) is 16.0 Å². The highest BCUT2D eigenvalue weighted by atomic mass is 16.5. The van der Waals surface area contributed by atoms with Crippen LogP contribution in [0.1, 0.15) is 18.4 Å². The van der Waals surface area contributed by atoms with Crippen molar-refractivity contribution in [1.29, 1.82) is 0 Å². The Balaban J connectivity index is 1.89. The summed E-state index contributed by atoms with van der Waals surface area (Å²) in [5.41, 5.74) is 1.14. The van der Waals surface area contributed by atoms with Crippen molar-refractivity contribution < 1.29 is 19.4 Å². The van der Waals surface area contributed by atoms with Gasteiger partial charge in [-0.1, -0.05) is 48.5 Å². The predicted octanol–water partition coefficient (Wildman–Crippen LogP) is 2.58. The number of benzene rings is 2. The number of para-hydroxylation sites is 1. The van der Waals surface area contributed by atoms with Crippen LogP contribution < -0.4 is 10.1 Å². The SMILES string of the molecule is COC(=O)CCCNC(Cc1ccccc1)C(O)COc1ccccc1. The molecule has 0 heterocycles. The van der Waals surface area contributed by atoms with Gasteiger partial charge in [0.05, 0.1) is 7.11 Å². The number of aliphatic hydroxyl groups excluding tert-OH is 1. The number of carbonyl (C=O) groups is 1. The van der Waals surface area contributed by atoms with Gasteiger partial charge in [0.2, 0.25) is 0 Å². The second-order valence-corrected chi connectivity index (χ2v) is 6.12. The maximum atomic E-state index is 11.2. The number of aliphatic hydroxyl groups is 1. The molecule has 2 unspecified atom stereocenters. The first kappa shape index (κ1) is 19.9.